The number of aliphatic imine (C=N–C) groups is 1. The molecule has 0 amide bonds. The highest BCUT2D eigenvalue weighted by molar-refractivity contribution is 5.79. The van der Waals surface area contributed by atoms with Gasteiger partial charge < -0.3 is 20.3 Å². The Kier molecular flexibility index (Phi) is 8.15. The maximum Gasteiger partial charge on any atom is 0.191 e. The first-order valence-electron chi connectivity index (χ1n) is 10.8. The minimum atomic E-state index is 0.251. The van der Waals surface area contributed by atoms with Crippen molar-refractivity contribution in [1.29, 1.82) is 0 Å². The zero-order valence-electron chi connectivity index (χ0n) is 17.4. The molecular weight excluding hydrogens is 350 g/mol. The molecule has 1 fully saturated rings. The lowest BCUT2D eigenvalue weighted by atomic mass is 9.97. The van der Waals surface area contributed by atoms with Gasteiger partial charge in [0.1, 0.15) is 5.82 Å². The molecule has 154 valence electrons. The van der Waals surface area contributed by atoms with E-state index in [-0.39, 0.29) is 6.10 Å². The number of guanidine groups is 1. The Hall–Kier alpha value is -2.08. The van der Waals surface area contributed by atoms with Gasteiger partial charge in [0.2, 0.25) is 0 Å². The molecule has 0 saturated carbocycles. The number of morpholine rings is 1. The van der Waals surface area contributed by atoms with E-state index in [0.717, 1.165) is 51.0 Å². The topological polar surface area (TPSA) is 61.8 Å². The van der Waals surface area contributed by atoms with E-state index in [1.54, 1.807) is 5.57 Å². The molecule has 3 rings (SSSR count). The van der Waals surface area contributed by atoms with Crippen molar-refractivity contribution in [3.8, 4) is 0 Å². The van der Waals surface area contributed by atoms with E-state index in [2.05, 4.69) is 46.5 Å². The van der Waals surface area contributed by atoms with Gasteiger partial charge in [0.05, 0.1) is 19.3 Å². The molecule has 2 N–H and O–H groups in total. The summed E-state index contributed by atoms with van der Waals surface area (Å²) >= 11 is 0. The van der Waals surface area contributed by atoms with Crippen LogP contribution in [0.25, 0.3) is 0 Å². The van der Waals surface area contributed by atoms with Crippen molar-refractivity contribution in [2.75, 3.05) is 37.7 Å². The maximum absolute atomic E-state index is 5.64. The summed E-state index contributed by atoms with van der Waals surface area (Å²) in [5, 5.41) is 6.83. The molecule has 1 aromatic rings. The van der Waals surface area contributed by atoms with Gasteiger partial charge in [-0.3, -0.25) is 0 Å². The fourth-order valence-corrected chi connectivity index (χ4v) is 3.74. The summed E-state index contributed by atoms with van der Waals surface area (Å²) in [6.07, 6.45) is 10.9. The molecule has 1 unspecified atom stereocenters. The summed E-state index contributed by atoms with van der Waals surface area (Å²) in [4.78, 5) is 11.6. The number of allylic oxidation sites excluding steroid dienone is 1. The van der Waals surface area contributed by atoms with Gasteiger partial charge in [-0.15, -0.1) is 0 Å². The zero-order valence-corrected chi connectivity index (χ0v) is 17.4. The lowest BCUT2D eigenvalue weighted by molar-refractivity contribution is 0.0529. The minimum absolute atomic E-state index is 0.251. The van der Waals surface area contributed by atoms with Crippen LogP contribution in [0.1, 0.15) is 51.5 Å². The van der Waals surface area contributed by atoms with Gasteiger partial charge in [0.25, 0.3) is 0 Å². The molecule has 1 aliphatic heterocycles. The molecule has 2 aliphatic rings. The Morgan fingerprint density at radius 2 is 2.29 bits per heavy atom. The predicted molar refractivity (Wildman–Crippen MR) is 116 cm³/mol. The smallest absolute Gasteiger partial charge is 0.191 e. The number of pyridine rings is 1. The van der Waals surface area contributed by atoms with Crippen molar-refractivity contribution in [1.82, 2.24) is 15.6 Å². The van der Waals surface area contributed by atoms with E-state index in [1.807, 2.05) is 12.3 Å². The first-order valence-corrected chi connectivity index (χ1v) is 10.8. The third kappa shape index (κ3) is 6.51. The molecule has 0 radical (unpaired) electrons. The van der Waals surface area contributed by atoms with Gasteiger partial charge in [0, 0.05) is 32.4 Å². The number of nitrogens with zero attached hydrogens (tertiary/aromatic N) is 3. The molecule has 2 heterocycles. The van der Waals surface area contributed by atoms with Crippen LogP contribution in [-0.2, 0) is 11.3 Å². The molecule has 6 heteroatoms. The monoisotopic (exact) mass is 385 g/mol. The Bertz CT molecular complexity index is 673. The van der Waals surface area contributed by atoms with Crippen LogP contribution in [0, 0.1) is 0 Å². The molecule has 6 nitrogen and oxygen atoms in total. The standard InChI is InChI=1S/C22H35N5O/c1-3-23-22(25-12-9-19-7-5-4-6-8-19)26-16-20-10-11-24-21(15-20)27-13-14-28-18(2)17-27/h7,10-11,15,18H,3-6,8-9,12-14,16-17H2,1-2H3,(H2,23,25,26). The molecule has 28 heavy (non-hydrogen) atoms. The summed E-state index contributed by atoms with van der Waals surface area (Å²) in [7, 11) is 0. The summed E-state index contributed by atoms with van der Waals surface area (Å²) < 4.78 is 5.64. The molecule has 1 aliphatic carbocycles. The van der Waals surface area contributed by atoms with E-state index in [9.17, 15) is 0 Å². The summed E-state index contributed by atoms with van der Waals surface area (Å²) in [6, 6.07) is 4.20. The minimum Gasteiger partial charge on any atom is -0.375 e. The van der Waals surface area contributed by atoms with Crippen LogP contribution < -0.4 is 15.5 Å². The van der Waals surface area contributed by atoms with Crippen LogP contribution in [0.15, 0.2) is 35.0 Å². The van der Waals surface area contributed by atoms with Crippen LogP contribution in [0.2, 0.25) is 0 Å². The van der Waals surface area contributed by atoms with Crippen molar-refractivity contribution in [3.05, 3.63) is 35.5 Å². The van der Waals surface area contributed by atoms with Crippen molar-refractivity contribution in [3.63, 3.8) is 0 Å². The second-order valence-corrected chi connectivity index (χ2v) is 7.63. The first-order chi connectivity index (χ1) is 13.7. The fraction of sp³-hybridized carbons (Fsp3) is 0.636. The second-order valence-electron chi connectivity index (χ2n) is 7.63. The number of anilines is 1. The van der Waals surface area contributed by atoms with Crippen LogP contribution in [-0.4, -0.2) is 49.8 Å². The van der Waals surface area contributed by atoms with Crippen LogP contribution in [0.5, 0.6) is 0 Å². The number of aromatic nitrogens is 1. The zero-order chi connectivity index (χ0) is 19.6. The quantitative estimate of drug-likeness (QED) is 0.429. The highest BCUT2D eigenvalue weighted by atomic mass is 16.5. The molecule has 1 aromatic heterocycles. The Balaban J connectivity index is 1.54. The molecule has 0 bridgehead atoms. The Labute approximate surface area is 169 Å². The summed E-state index contributed by atoms with van der Waals surface area (Å²) in [5.74, 6) is 1.90. The third-order valence-corrected chi connectivity index (χ3v) is 5.26. The van der Waals surface area contributed by atoms with Crippen LogP contribution >= 0.6 is 0 Å². The van der Waals surface area contributed by atoms with Crippen LogP contribution in [0.3, 0.4) is 0 Å². The molecule has 1 saturated heterocycles. The van der Waals surface area contributed by atoms with Gasteiger partial charge in [-0.25, -0.2) is 9.98 Å². The average Bonchev–Trinajstić information content (AvgIpc) is 2.73. The van der Waals surface area contributed by atoms with E-state index in [0.29, 0.717) is 6.54 Å². The fourth-order valence-electron chi connectivity index (χ4n) is 3.74. The SMILES string of the molecule is CCNC(=NCc1ccnc(N2CCOC(C)C2)c1)NCCC1=CCCCC1. The van der Waals surface area contributed by atoms with E-state index >= 15 is 0 Å². The van der Waals surface area contributed by atoms with Gasteiger partial charge in [-0.1, -0.05) is 11.6 Å². The third-order valence-electron chi connectivity index (χ3n) is 5.26. The number of hydrogen-bond donors (Lipinski definition) is 2. The predicted octanol–water partition coefficient (Wildman–Crippen LogP) is 3.25. The average molecular weight is 386 g/mol. The largest absolute Gasteiger partial charge is 0.375 e. The number of hydrogen-bond acceptors (Lipinski definition) is 4. The molecule has 0 aromatic carbocycles. The second kappa shape index (κ2) is 11.1. The van der Waals surface area contributed by atoms with Crippen molar-refractivity contribution >= 4 is 11.8 Å². The van der Waals surface area contributed by atoms with Gasteiger partial charge in [0.15, 0.2) is 5.96 Å². The molecular formula is C22H35N5O. The maximum atomic E-state index is 5.64. The van der Waals surface area contributed by atoms with E-state index < -0.39 is 0 Å². The van der Waals surface area contributed by atoms with E-state index in [1.165, 1.54) is 31.2 Å². The Morgan fingerprint density at radius 3 is 3.07 bits per heavy atom. The van der Waals surface area contributed by atoms with Gasteiger partial charge in [-0.2, -0.15) is 0 Å². The van der Waals surface area contributed by atoms with Crippen molar-refractivity contribution in [2.24, 2.45) is 4.99 Å². The highest BCUT2D eigenvalue weighted by Gasteiger charge is 2.18. The number of rotatable bonds is 7. The van der Waals surface area contributed by atoms with Crippen molar-refractivity contribution in [2.45, 2.75) is 58.6 Å². The lowest BCUT2D eigenvalue weighted by Gasteiger charge is -2.32. The Morgan fingerprint density at radius 1 is 1.36 bits per heavy atom. The van der Waals surface area contributed by atoms with Gasteiger partial charge in [-0.05, 0) is 63.6 Å². The summed E-state index contributed by atoms with van der Waals surface area (Å²) in [6.45, 7) is 9.20. The number of nitrogens with one attached hydrogen (secondary N) is 2. The van der Waals surface area contributed by atoms with Crippen molar-refractivity contribution < 1.29 is 4.74 Å². The van der Waals surface area contributed by atoms with E-state index in [4.69, 9.17) is 9.73 Å². The summed E-state index contributed by atoms with van der Waals surface area (Å²) in [5.41, 5.74) is 2.77. The normalized spacial score (nSPS) is 20.6. The number of ether oxygens (including phenoxy) is 1. The first kappa shape index (κ1) is 20.6. The highest BCUT2D eigenvalue weighted by Crippen LogP contribution is 2.19. The molecule has 1 atom stereocenters. The van der Waals surface area contributed by atoms with Crippen LogP contribution in [0.4, 0.5) is 5.82 Å². The lowest BCUT2D eigenvalue weighted by Crippen LogP contribution is -2.41. The van der Waals surface area contributed by atoms with Gasteiger partial charge >= 0.3 is 0 Å². The molecule has 0 spiro atoms.